The summed E-state index contributed by atoms with van der Waals surface area (Å²) in [7, 11) is 3.06. The fourth-order valence-electron chi connectivity index (χ4n) is 2.87. The minimum absolute atomic E-state index is 0.0721. The highest BCUT2D eigenvalue weighted by Gasteiger charge is 2.21. The van der Waals surface area contributed by atoms with Crippen LogP contribution in [0.3, 0.4) is 0 Å². The number of fused-ring (bicyclic) bond motifs is 1. The predicted octanol–water partition coefficient (Wildman–Crippen LogP) is 4.34. The molecule has 0 aliphatic rings. The lowest BCUT2D eigenvalue weighted by Crippen LogP contribution is -2.09. The van der Waals surface area contributed by atoms with Crippen LogP contribution in [-0.2, 0) is 4.79 Å². The van der Waals surface area contributed by atoms with Gasteiger partial charge in [-0.15, -0.1) is 0 Å². The molecule has 0 radical (unpaired) electrons. The van der Waals surface area contributed by atoms with E-state index in [-0.39, 0.29) is 17.5 Å². The number of carbonyl (C=O) groups excluding carboxylic acids is 2. The van der Waals surface area contributed by atoms with Crippen LogP contribution in [0.1, 0.15) is 35.0 Å². The number of anilines is 1. The Morgan fingerprint density at radius 2 is 1.78 bits per heavy atom. The van der Waals surface area contributed by atoms with Crippen molar-refractivity contribution in [3.05, 3.63) is 53.3 Å². The fourth-order valence-corrected chi connectivity index (χ4v) is 2.87. The van der Waals surface area contributed by atoms with Crippen LogP contribution in [0, 0.1) is 6.92 Å². The van der Waals surface area contributed by atoms with E-state index >= 15 is 0 Å². The third-order valence-electron chi connectivity index (χ3n) is 4.39. The molecule has 0 saturated heterocycles. The molecule has 1 amide bonds. The van der Waals surface area contributed by atoms with E-state index in [0.717, 1.165) is 10.9 Å². The molecule has 0 atom stereocenters. The lowest BCUT2D eigenvalue weighted by atomic mass is 10.0. The Morgan fingerprint density at radius 3 is 2.44 bits per heavy atom. The van der Waals surface area contributed by atoms with Gasteiger partial charge in [0.2, 0.25) is 11.7 Å². The van der Waals surface area contributed by atoms with Crippen LogP contribution in [0.5, 0.6) is 11.5 Å². The third kappa shape index (κ3) is 3.51. The number of nitrogens with one attached hydrogen (secondary N) is 1. The number of carbonyl (C=O) groups is 2. The van der Waals surface area contributed by atoms with E-state index in [0.29, 0.717) is 34.8 Å². The Morgan fingerprint density at radius 1 is 1.04 bits per heavy atom. The zero-order valence-electron chi connectivity index (χ0n) is 15.7. The lowest BCUT2D eigenvalue weighted by molar-refractivity contribution is -0.115. The second kappa shape index (κ2) is 7.53. The summed E-state index contributed by atoms with van der Waals surface area (Å²) in [5.74, 6) is 0.963. The lowest BCUT2D eigenvalue weighted by Gasteiger charge is -2.08. The van der Waals surface area contributed by atoms with Crippen LogP contribution >= 0.6 is 0 Å². The summed E-state index contributed by atoms with van der Waals surface area (Å²) < 4.78 is 16.3. The minimum Gasteiger partial charge on any atom is -0.493 e. The molecule has 0 unspecified atom stereocenters. The van der Waals surface area contributed by atoms with Gasteiger partial charge < -0.3 is 19.2 Å². The van der Waals surface area contributed by atoms with E-state index in [1.54, 1.807) is 37.3 Å². The van der Waals surface area contributed by atoms with Crippen molar-refractivity contribution < 1.29 is 23.5 Å². The number of rotatable bonds is 6. The van der Waals surface area contributed by atoms with Gasteiger partial charge in [-0.25, -0.2) is 0 Å². The number of hydrogen-bond acceptors (Lipinski definition) is 5. The Kier molecular flexibility index (Phi) is 5.16. The average molecular weight is 367 g/mol. The van der Waals surface area contributed by atoms with Crippen molar-refractivity contribution in [1.82, 2.24) is 0 Å². The minimum atomic E-state index is -0.246. The summed E-state index contributed by atoms with van der Waals surface area (Å²) in [4.78, 5) is 24.6. The first-order chi connectivity index (χ1) is 13.0. The zero-order chi connectivity index (χ0) is 19.6. The predicted molar refractivity (Wildman–Crippen MR) is 103 cm³/mol. The molecule has 0 saturated carbocycles. The molecule has 1 heterocycles. The van der Waals surface area contributed by atoms with E-state index in [2.05, 4.69) is 5.32 Å². The second-order valence-corrected chi connectivity index (χ2v) is 6.07. The summed E-state index contributed by atoms with van der Waals surface area (Å²) >= 11 is 0. The molecule has 140 valence electrons. The van der Waals surface area contributed by atoms with Crippen molar-refractivity contribution >= 4 is 28.3 Å². The first kappa shape index (κ1) is 18.5. The van der Waals surface area contributed by atoms with Crippen LogP contribution in [0.25, 0.3) is 11.0 Å². The molecule has 6 heteroatoms. The molecule has 0 aliphatic heterocycles. The number of ketones is 1. The van der Waals surface area contributed by atoms with Gasteiger partial charge in [-0.05, 0) is 43.3 Å². The van der Waals surface area contributed by atoms with E-state index in [1.165, 1.54) is 14.2 Å². The number of hydrogen-bond donors (Lipinski definition) is 1. The molecule has 1 N–H and O–H groups in total. The van der Waals surface area contributed by atoms with Gasteiger partial charge in [0.05, 0.1) is 14.2 Å². The van der Waals surface area contributed by atoms with E-state index in [4.69, 9.17) is 13.9 Å². The Hall–Kier alpha value is -3.28. The van der Waals surface area contributed by atoms with Crippen LogP contribution in [0.2, 0.25) is 0 Å². The highest BCUT2D eigenvalue weighted by atomic mass is 16.5. The number of aryl methyl sites for hydroxylation is 1. The second-order valence-electron chi connectivity index (χ2n) is 6.07. The quantitative estimate of drug-likeness (QED) is 0.656. The van der Waals surface area contributed by atoms with E-state index in [9.17, 15) is 9.59 Å². The maximum absolute atomic E-state index is 13.0. The summed E-state index contributed by atoms with van der Waals surface area (Å²) in [6.45, 7) is 3.61. The van der Waals surface area contributed by atoms with Gasteiger partial charge in [-0.2, -0.15) is 0 Å². The van der Waals surface area contributed by atoms with Crippen LogP contribution in [0.4, 0.5) is 5.69 Å². The SMILES string of the molecule is CCC(=O)Nc1ccc2oc(C(=O)c3ccc(OC)c(OC)c3)c(C)c2c1. The Balaban J connectivity index is 2.00. The van der Waals surface area contributed by atoms with Gasteiger partial charge in [0, 0.05) is 28.6 Å². The zero-order valence-corrected chi connectivity index (χ0v) is 15.7. The molecule has 0 bridgehead atoms. The fraction of sp³-hybridized carbons (Fsp3) is 0.238. The summed E-state index contributed by atoms with van der Waals surface area (Å²) in [6.07, 6.45) is 0.394. The largest absolute Gasteiger partial charge is 0.493 e. The number of amides is 1. The van der Waals surface area contributed by atoms with Crippen molar-refractivity contribution in [2.75, 3.05) is 19.5 Å². The molecular weight excluding hydrogens is 346 g/mol. The van der Waals surface area contributed by atoms with E-state index in [1.807, 2.05) is 13.0 Å². The summed E-state index contributed by atoms with van der Waals surface area (Å²) in [6, 6.07) is 10.3. The van der Waals surface area contributed by atoms with Crippen molar-refractivity contribution in [2.24, 2.45) is 0 Å². The molecule has 0 aliphatic carbocycles. The summed E-state index contributed by atoms with van der Waals surface area (Å²) in [5.41, 5.74) is 2.42. The number of methoxy groups -OCH3 is 2. The van der Waals surface area contributed by atoms with Gasteiger partial charge >= 0.3 is 0 Å². The molecule has 1 aromatic heterocycles. The van der Waals surface area contributed by atoms with Crippen molar-refractivity contribution in [1.29, 1.82) is 0 Å². The number of benzene rings is 2. The molecule has 6 nitrogen and oxygen atoms in total. The van der Waals surface area contributed by atoms with Gasteiger partial charge in [0.15, 0.2) is 17.3 Å². The summed E-state index contributed by atoms with van der Waals surface area (Å²) in [5, 5.41) is 3.60. The molecule has 0 spiro atoms. The third-order valence-corrected chi connectivity index (χ3v) is 4.39. The van der Waals surface area contributed by atoms with Gasteiger partial charge in [-0.1, -0.05) is 6.92 Å². The topological polar surface area (TPSA) is 77.8 Å². The maximum atomic E-state index is 13.0. The average Bonchev–Trinajstić information content (AvgIpc) is 3.02. The van der Waals surface area contributed by atoms with Crippen LogP contribution in [0.15, 0.2) is 40.8 Å². The smallest absolute Gasteiger partial charge is 0.228 e. The highest BCUT2D eigenvalue weighted by molar-refractivity contribution is 6.11. The molecule has 2 aromatic carbocycles. The van der Waals surface area contributed by atoms with Gasteiger partial charge in [0.1, 0.15) is 5.58 Å². The monoisotopic (exact) mass is 367 g/mol. The van der Waals surface area contributed by atoms with Crippen molar-refractivity contribution in [2.45, 2.75) is 20.3 Å². The molecule has 0 fully saturated rings. The standard InChI is InChI=1S/C21H21NO5/c1-5-19(23)22-14-7-9-16-15(11-14)12(2)21(27-16)20(24)13-6-8-17(25-3)18(10-13)26-4/h6-11H,5H2,1-4H3,(H,22,23). The first-order valence-corrected chi connectivity index (χ1v) is 8.58. The van der Waals surface area contributed by atoms with Gasteiger partial charge in [-0.3, -0.25) is 9.59 Å². The first-order valence-electron chi connectivity index (χ1n) is 8.58. The molecular formula is C21H21NO5. The maximum Gasteiger partial charge on any atom is 0.228 e. The van der Waals surface area contributed by atoms with Gasteiger partial charge in [0.25, 0.3) is 0 Å². The Labute approximate surface area is 157 Å². The van der Waals surface area contributed by atoms with Crippen molar-refractivity contribution in [3.63, 3.8) is 0 Å². The highest BCUT2D eigenvalue weighted by Crippen LogP contribution is 2.32. The van der Waals surface area contributed by atoms with Crippen LogP contribution < -0.4 is 14.8 Å². The number of furan rings is 1. The Bertz CT molecular complexity index is 1020. The molecule has 3 rings (SSSR count). The molecule has 27 heavy (non-hydrogen) atoms. The molecule has 3 aromatic rings. The number of ether oxygens (including phenoxy) is 2. The van der Waals surface area contributed by atoms with Crippen molar-refractivity contribution in [3.8, 4) is 11.5 Å². The van der Waals surface area contributed by atoms with Crippen LogP contribution in [-0.4, -0.2) is 25.9 Å². The normalized spacial score (nSPS) is 10.7. The van der Waals surface area contributed by atoms with E-state index < -0.39 is 0 Å².